The Morgan fingerprint density at radius 3 is 2.57 bits per heavy atom. The van der Waals surface area contributed by atoms with Crippen LogP contribution in [0.4, 0.5) is 4.79 Å². The summed E-state index contributed by atoms with van der Waals surface area (Å²) in [5.41, 5.74) is 0.953. The number of aliphatic hydroxyl groups is 1. The Labute approximate surface area is 135 Å². The van der Waals surface area contributed by atoms with Crippen LogP contribution in [0.2, 0.25) is 0 Å². The third-order valence-corrected chi connectivity index (χ3v) is 5.20. The number of likely N-dealkylation sites (tertiary alicyclic amines) is 1. The molecule has 0 bridgehead atoms. The molecule has 1 amide bonds. The van der Waals surface area contributed by atoms with E-state index in [1.807, 2.05) is 6.92 Å². The van der Waals surface area contributed by atoms with Gasteiger partial charge in [0.05, 0.1) is 31.3 Å². The highest BCUT2D eigenvalue weighted by molar-refractivity contribution is 7.86. The van der Waals surface area contributed by atoms with E-state index in [9.17, 15) is 18.3 Å². The second-order valence-corrected chi connectivity index (χ2v) is 7.20. The molecule has 0 aliphatic carbocycles. The summed E-state index contributed by atoms with van der Waals surface area (Å²) in [4.78, 5) is 12.9. The Morgan fingerprint density at radius 2 is 2.00 bits per heavy atom. The van der Waals surface area contributed by atoms with Crippen molar-refractivity contribution in [2.24, 2.45) is 5.92 Å². The molecule has 0 spiro atoms. The lowest BCUT2D eigenvalue weighted by Gasteiger charge is -2.34. The van der Waals surface area contributed by atoms with Gasteiger partial charge in [-0.25, -0.2) is 4.79 Å². The van der Waals surface area contributed by atoms with E-state index in [-0.39, 0.29) is 24.0 Å². The minimum absolute atomic E-state index is 0.0876. The molecule has 1 aliphatic rings. The van der Waals surface area contributed by atoms with Gasteiger partial charge in [0.1, 0.15) is 0 Å². The third-order valence-electron chi connectivity index (χ3n) is 3.90. The molecular formula is C15H21NO6S. The zero-order valence-corrected chi connectivity index (χ0v) is 14.0. The monoisotopic (exact) mass is 343 g/mol. The van der Waals surface area contributed by atoms with Crippen LogP contribution in [-0.4, -0.2) is 57.4 Å². The number of rotatable bonds is 4. The Hall–Kier alpha value is -1.64. The fourth-order valence-corrected chi connectivity index (χ4v) is 3.38. The summed E-state index contributed by atoms with van der Waals surface area (Å²) in [6.45, 7) is 2.24. The van der Waals surface area contributed by atoms with Crippen molar-refractivity contribution in [1.82, 2.24) is 4.90 Å². The van der Waals surface area contributed by atoms with E-state index in [1.54, 1.807) is 12.1 Å². The smallest absolute Gasteiger partial charge is 0.409 e. The van der Waals surface area contributed by atoms with Gasteiger partial charge in [-0.05, 0) is 25.5 Å². The first-order valence-electron chi connectivity index (χ1n) is 7.30. The van der Waals surface area contributed by atoms with Gasteiger partial charge in [0.2, 0.25) is 0 Å². The quantitative estimate of drug-likeness (QED) is 0.825. The third kappa shape index (κ3) is 4.43. The fraction of sp³-hybridized carbons (Fsp3) is 0.533. The number of amides is 1. The number of nitrogens with zero attached hydrogens (tertiary/aromatic N) is 1. The first-order valence-corrected chi connectivity index (χ1v) is 8.71. The molecular weight excluding hydrogens is 322 g/mol. The van der Waals surface area contributed by atoms with Crippen LogP contribution in [0.15, 0.2) is 29.2 Å². The maximum absolute atomic E-state index is 12.1. The molecule has 1 fully saturated rings. The maximum atomic E-state index is 12.1. The molecule has 1 saturated heterocycles. The summed E-state index contributed by atoms with van der Waals surface area (Å²) in [6.07, 6.45) is -0.911. The molecule has 1 N–H and O–H groups in total. The second-order valence-electron chi connectivity index (χ2n) is 5.58. The number of piperidine rings is 1. The van der Waals surface area contributed by atoms with E-state index in [0.717, 1.165) is 5.56 Å². The van der Waals surface area contributed by atoms with Gasteiger partial charge in [-0.3, -0.25) is 4.18 Å². The highest BCUT2D eigenvalue weighted by Gasteiger charge is 2.32. The summed E-state index contributed by atoms with van der Waals surface area (Å²) < 4.78 is 33.9. The molecule has 2 atom stereocenters. The predicted octanol–water partition coefficient (Wildman–Crippen LogP) is 1.15. The molecule has 8 heteroatoms. The van der Waals surface area contributed by atoms with Crippen LogP contribution in [0.25, 0.3) is 0 Å². The summed E-state index contributed by atoms with van der Waals surface area (Å²) in [5.74, 6) is -0.351. The minimum atomic E-state index is -3.85. The van der Waals surface area contributed by atoms with Gasteiger partial charge in [0.15, 0.2) is 0 Å². The lowest BCUT2D eigenvalue weighted by atomic mass is 9.95. The first-order chi connectivity index (χ1) is 10.8. The van der Waals surface area contributed by atoms with E-state index < -0.39 is 22.3 Å². The van der Waals surface area contributed by atoms with Crippen LogP contribution in [0, 0.1) is 12.8 Å². The number of hydrogen-bond acceptors (Lipinski definition) is 6. The second kappa shape index (κ2) is 7.29. The number of β-amino-alcohol motifs (C(OH)–C–C–N with tert-alkyl or cyclic N) is 1. The van der Waals surface area contributed by atoms with E-state index in [2.05, 4.69) is 4.74 Å². The van der Waals surface area contributed by atoms with Gasteiger partial charge < -0.3 is 14.7 Å². The summed E-state index contributed by atoms with van der Waals surface area (Å²) in [7, 11) is -2.57. The van der Waals surface area contributed by atoms with E-state index in [1.165, 1.54) is 24.1 Å². The highest BCUT2D eigenvalue weighted by Crippen LogP contribution is 2.21. The normalized spacial score (nSPS) is 22.0. The summed E-state index contributed by atoms with van der Waals surface area (Å²) in [5, 5.41) is 10.1. The fourth-order valence-electron chi connectivity index (χ4n) is 2.42. The molecule has 1 aromatic carbocycles. The molecule has 2 rings (SSSR count). The molecule has 0 unspecified atom stereocenters. The van der Waals surface area contributed by atoms with Crippen molar-refractivity contribution < 1.29 is 27.2 Å². The number of ether oxygens (including phenoxy) is 1. The number of hydrogen-bond donors (Lipinski definition) is 1. The number of aliphatic hydroxyl groups excluding tert-OH is 1. The molecule has 1 heterocycles. The largest absolute Gasteiger partial charge is 0.453 e. The van der Waals surface area contributed by atoms with Gasteiger partial charge >= 0.3 is 6.09 Å². The average molecular weight is 343 g/mol. The molecule has 7 nitrogen and oxygen atoms in total. The number of carbonyl (C=O) groups is 1. The van der Waals surface area contributed by atoms with Crippen LogP contribution < -0.4 is 0 Å². The highest BCUT2D eigenvalue weighted by atomic mass is 32.2. The van der Waals surface area contributed by atoms with Crippen LogP contribution >= 0.6 is 0 Å². The van der Waals surface area contributed by atoms with Crippen LogP contribution in [-0.2, 0) is 19.0 Å². The molecule has 23 heavy (non-hydrogen) atoms. The molecule has 0 radical (unpaired) electrons. The standard InChI is InChI=1S/C15H21NO6S/c1-11-3-5-13(6-4-11)23(19,20)22-10-12-7-8-16(9-14(12)17)15(18)21-2/h3-6,12,14,17H,7-10H2,1-2H3/t12-,14-/m0/s1. The molecule has 1 aromatic rings. The molecule has 0 aromatic heterocycles. The Morgan fingerprint density at radius 1 is 1.35 bits per heavy atom. The van der Waals surface area contributed by atoms with Gasteiger partial charge in [-0.1, -0.05) is 17.7 Å². The van der Waals surface area contributed by atoms with Crippen LogP contribution in [0.3, 0.4) is 0 Å². The van der Waals surface area contributed by atoms with Crippen molar-refractivity contribution in [3.8, 4) is 0 Å². The van der Waals surface area contributed by atoms with Crippen molar-refractivity contribution in [2.75, 3.05) is 26.8 Å². The van der Waals surface area contributed by atoms with Crippen molar-refractivity contribution in [1.29, 1.82) is 0 Å². The summed E-state index contributed by atoms with van der Waals surface area (Å²) in [6, 6.07) is 6.36. The Kier molecular flexibility index (Phi) is 5.61. The van der Waals surface area contributed by atoms with Crippen molar-refractivity contribution in [2.45, 2.75) is 24.3 Å². The number of carbonyl (C=O) groups excluding carboxylic acids is 1. The van der Waals surface area contributed by atoms with Crippen LogP contribution in [0.1, 0.15) is 12.0 Å². The lowest BCUT2D eigenvalue weighted by Crippen LogP contribution is -2.47. The van der Waals surface area contributed by atoms with Crippen molar-refractivity contribution >= 4 is 16.2 Å². The Balaban J connectivity index is 1.93. The molecule has 128 valence electrons. The predicted molar refractivity (Wildman–Crippen MR) is 82.4 cm³/mol. The zero-order chi connectivity index (χ0) is 17.0. The van der Waals surface area contributed by atoms with Crippen molar-refractivity contribution in [3.05, 3.63) is 29.8 Å². The number of benzene rings is 1. The minimum Gasteiger partial charge on any atom is -0.453 e. The van der Waals surface area contributed by atoms with E-state index >= 15 is 0 Å². The molecule has 0 saturated carbocycles. The van der Waals surface area contributed by atoms with E-state index in [0.29, 0.717) is 13.0 Å². The number of aryl methyl sites for hydroxylation is 1. The van der Waals surface area contributed by atoms with Crippen molar-refractivity contribution in [3.63, 3.8) is 0 Å². The maximum Gasteiger partial charge on any atom is 0.409 e. The van der Waals surface area contributed by atoms with Crippen LogP contribution in [0.5, 0.6) is 0 Å². The SMILES string of the molecule is COC(=O)N1CC[C@@H](COS(=O)(=O)c2ccc(C)cc2)[C@@H](O)C1. The van der Waals surface area contributed by atoms with Gasteiger partial charge in [-0.15, -0.1) is 0 Å². The van der Waals surface area contributed by atoms with Gasteiger partial charge in [-0.2, -0.15) is 8.42 Å². The first kappa shape index (κ1) is 17.7. The van der Waals surface area contributed by atoms with E-state index in [4.69, 9.17) is 4.18 Å². The lowest BCUT2D eigenvalue weighted by molar-refractivity contribution is 0.00456. The Bertz CT molecular complexity index is 642. The number of methoxy groups -OCH3 is 1. The van der Waals surface area contributed by atoms with Gasteiger partial charge in [0, 0.05) is 12.5 Å². The van der Waals surface area contributed by atoms with Gasteiger partial charge in [0.25, 0.3) is 10.1 Å². The average Bonchev–Trinajstić information content (AvgIpc) is 2.53. The zero-order valence-electron chi connectivity index (χ0n) is 13.1. The summed E-state index contributed by atoms with van der Waals surface area (Å²) >= 11 is 0. The topological polar surface area (TPSA) is 93.1 Å². The molecule has 1 aliphatic heterocycles.